The third kappa shape index (κ3) is 4.18. The van der Waals surface area contributed by atoms with Crippen molar-refractivity contribution in [2.45, 2.75) is 11.8 Å². The number of nitrogens with one attached hydrogen (secondary N) is 3. The van der Waals surface area contributed by atoms with Crippen LogP contribution < -0.4 is 10.0 Å². The molecule has 0 aliphatic carbocycles. The van der Waals surface area contributed by atoms with Gasteiger partial charge in [0, 0.05) is 16.8 Å². The summed E-state index contributed by atoms with van der Waals surface area (Å²) in [6, 6.07) is 15.6. The van der Waals surface area contributed by atoms with Gasteiger partial charge in [0.2, 0.25) is 10.0 Å². The average Bonchev–Trinajstić information content (AvgIpc) is 3.17. The number of aryl methyl sites for hydroxylation is 1. The number of carbonyl (C=O) groups excluding carboxylic acids is 1. The van der Waals surface area contributed by atoms with Gasteiger partial charge in [-0.25, -0.2) is 22.5 Å². The Hall–Kier alpha value is -3.56. The first kappa shape index (κ1) is 20.7. The second-order valence-corrected chi connectivity index (χ2v) is 8.85. The molecule has 0 aliphatic rings. The Balaban J connectivity index is 1.63. The van der Waals surface area contributed by atoms with E-state index < -0.39 is 15.9 Å². The van der Waals surface area contributed by atoms with Crippen LogP contribution in [0.4, 0.5) is 10.1 Å². The van der Waals surface area contributed by atoms with Gasteiger partial charge < -0.3 is 10.3 Å². The van der Waals surface area contributed by atoms with E-state index in [1.54, 1.807) is 43.3 Å². The number of carbonyl (C=O) groups is 1. The van der Waals surface area contributed by atoms with Gasteiger partial charge in [-0.3, -0.25) is 4.79 Å². The minimum Gasteiger partial charge on any atom is -0.338 e. The SMILES string of the molecule is CNS(=O)(=O)c1ccc(C)c(C(=O)Nc2ccc3nc(-c4cccc(F)c4)[nH]c3c2)c1. The Morgan fingerprint density at radius 2 is 1.87 bits per heavy atom. The van der Waals surface area contributed by atoms with E-state index in [2.05, 4.69) is 20.0 Å². The van der Waals surface area contributed by atoms with Crippen LogP contribution in [0.25, 0.3) is 22.4 Å². The Kier molecular flexibility index (Phi) is 5.30. The number of rotatable bonds is 5. The lowest BCUT2D eigenvalue weighted by molar-refractivity contribution is 0.102. The number of amides is 1. The zero-order valence-corrected chi connectivity index (χ0v) is 17.5. The molecule has 4 rings (SSSR count). The van der Waals surface area contributed by atoms with Gasteiger partial charge >= 0.3 is 0 Å². The number of anilines is 1. The number of imidazole rings is 1. The molecule has 0 spiro atoms. The molecule has 0 fully saturated rings. The molecule has 0 saturated heterocycles. The molecule has 3 N–H and O–H groups in total. The normalized spacial score (nSPS) is 11.6. The van der Waals surface area contributed by atoms with Gasteiger partial charge in [-0.05, 0) is 62.0 Å². The molecule has 0 saturated carbocycles. The number of benzene rings is 3. The Morgan fingerprint density at radius 1 is 1.06 bits per heavy atom. The highest BCUT2D eigenvalue weighted by Gasteiger charge is 2.17. The third-order valence-corrected chi connectivity index (χ3v) is 6.28. The van der Waals surface area contributed by atoms with Gasteiger partial charge in [0.15, 0.2) is 0 Å². The van der Waals surface area contributed by atoms with Crippen LogP contribution in [0.2, 0.25) is 0 Å². The van der Waals surface area contributed by atoms with Crippen LogP contribution in [0.5, 0.6) is 0 Å². The van der Waals surface area contributed by atoms with E-state index in [0.717, 1.165) is 0 Å². The van der Waals surface area contributed by atoms with E-state index in [1.165, 1.54) is 31.3 Å². The maximum atomic E-state index is 13.5. The van der Waals surface area contributed by atoms with E-state index in [0.29, 0.717) is 33.7 Å². The van der Waals surface area contributed by atoms with Crippen molar-refractivity contribution >= 4 is 32.7 Å². The minimum absolute atomic E-state index is 0.00880. The van der Waals surface area contributed by atoms with Crippen LogP contribution in [0, 0.1) is 12.7 Å². The molecule has 1 heterocycles. The van der Waals surface area contributed by atoms with Gasteiger partial charge in [-0.2, -0.15) is 0 Å². The van der Waals surface area contributed by atoms with Gasteiger partial charge in [0.1, 0.15) is 11.6 Å². The zero-order chi connectivity index (χ0) is 22.2. The second kappa shape index (κ2) is 7.93. The number of sulfonamides is 1. The molecule has 0 unspecified atom stereocenters. The summed E-state index contributed by atoms with van der Waals surface area (Å²) < 4.78 is 39.9. The van der Waals surface area contributed by atoms with Gasteiger partial charge in [-0.15, -0.1) is 0 Å². The van der Waals surface area contributed by atoms with Crippen LogP contribution in [0.15, 0.2) is 65.6 Å². The summed E-state index contributed by atoms with van der Waals surface area (Å²) in [6.07, 6.45) is 0. The highest BCUT2D eigenvalue weighted by Crippen LogP contribution is 2.24. The van der Waals surface area contributed by atoms with Crippen LogP contribution >= 0.6 is 0 Å². The fraction of sp³-hybridized carbons (Fsp3) is 0.0909. The van der Waals surface area contributed by atoms with Crippen molar-refractivity contribution in [3.05, 3.63) is 77.6 Å². The smallest absolute Gasteiger partial charge is 0.255 e. The van der Waals surface area contributed by atoms with Crippen molar-refractivity contribution in [2.75, 3.05) is 12.4 Å². The Labute approximate surface area is 178 Å². The lowest BCUT2D eigenvalue weighted by Gasteiger charge is -2.10. The van der Waals surface area contributed by atoms with Crippen LogP contribution in [0.1, 0.15) is 15.9 Å². The van der Waals surface area contributed by atoms with Crippen molar-refractivity contribution in [1.82, 2.24) is 14.7 Å². The predicted octanol–water partition coefficient (Wildman–Crippen LogP) is 3.84. The number of H-pyrrole nitrogens is 1. The van der Waals surface area contributed by atoms with Crippen LogP contribution in [-0.2, 0) is 10.0 Å². The summed E-state index contributed by atoms with van der Waals surface area (Å²) in [4.78, 5) is 20.4. The van der Waals surface area contributed by atoms with Crippen molar-refractivity contribution in [1.29, 1.82) is 0 Å². The molecule has 9 heteroatoms. The lowest BCUT2D eigenvalue weighted by atomic mass is 10.1. The first-order chi connectivity index (χ1) is 14.8. The standard InChI is InChI=1S/C22H19FN4O3S/c1-13-6-8-17(31(29,30)24-2)12-18(13)22(28)25-16-7-9-19-20(11-16)27-21(26-19)14-4-3-5-15(23)10-14/h3-12,24H,1-2H3,(H,25,28)(H,26,27). The van der Waals surface area contributed by atoms with E-state index >= 15 is 0 Å². The monoisotopic (exact) mass is 438 g/mol. The Morgan fingerprint density at radius 3 is 2.61 bits per heavy atom. The molecule has 158 valence electrons. The maximum Gasteiger partial charge on any atom is 0.255 e. The molecule has 0 atom stereocenters. The van der Waals surface area contributed by atoms with E-state index in [1.807, 2.05) is 0 Å². The number of nitrogens with zero attached hydrogens (tertiary/aromatic N) is 1. The van der Waals surface area contributed by atoms with Crippen LogP contribution in [0.3, 0.4) is 0 Å². The highest BCUT2D eigenvalue weighted by molar-refractivity contribution is 7.89. The minimum atomic E-state index is -3.67. The number of hydrogen-bond donors (Lipinski definition) is 3. The lowest BCUT2D eigenvalue weighted by Crippen LogP contribution is -2.20. The van der Waals surface area contributed by atoms with Gasteiger partial charge in [-0.1, -0.05) is 18.2 Å². The van der Waals surface area contributed by atoms with Crippen molar-refractivity contribution in [2.24, 2.45) is 0 Å². The van der Waals surface area contributed by atoms with Crippen LogP contribution in [-0.4, -0.2) is 31.3 Å². The van der Waals surface area contributed by atoms with E-state index in [9.17, 15) is 17.6 Å². The molecular weight excluding hydrogens is 419 g/mol. The number of fused-ring (bicyclic) bond motifs is 1. The fourth-order valence-electron chi connectivity index (χ4n) is 3.19. The summed E-state index contributed by atoms with van der Waals surface area (Å²) in [5, 5.41) is 2.78. The predicted molar refractivity (Wildman–Crippen MR) is 117 cm³/mol. The van der Waals surface area contributed by atoms with Crippen molar-refractivity contribution < 1.29 is 17.6 Å². The largest absolute Gasteiger partial charge is 0.338 e. The summed E-state index contributed by atoms with van der Waals surface area (Å²) in [7, 11) is -2.36. The number of halogens is 1. The number of hydrogen-bond acceptors (Lipinski definition) is 4. The molecule has 1 amide bonds. The van der Waals surface area contributed by atoms with Crippen molar-refractivity contribution in [3.63, 3.8) is 0 Å². The number of aromatic nitrogens is 2. The summed E-state index contributed by atoms with van der Waals surface area (Å²) in [6.45, 7) is 1.73. The molecular formula is C22H19FN4O3S. The van der Waals surface area contributed by atoms with Crippen molar-refractivity contribution in [3.8, 4) is 11.4 Å². The quantitative estimate of drug-likeness (QED) is 0.440. The highest BCUT2D eigenvalue weighted by atomic mass is 32.2. The fourth-order valence-corrected chi connectivity index (χ4v) is 3.94. The summed E-state index contributed by atoms with van der Waals surface area (Å²) in [5.74, 6) is -0.280. The second-order valence-electron chi connectivity index (χ2n) is 6.97. The van der Waals surface area contributed by atoms with E-state index in [4.69, 9.17) is 0 Å². The molecule has 31 heavy (non-hydrogen) atoms. The van der Waals surface area contributed by atoms with Gasteiger partial charge in [0.25, 0.3) is 5.91 Å². The first-order valence-corrected chi connectivity index (χ1v) is 10.9. The molecule has 1 aromatic heterocycles. The summed E-state index contributed by atoms with van der Waals surface area (Å²) in [5.41, 5.74) is 3.34. The average molecular weight is 438 g/mol. The molecule has 3 aromatic carbocycles. The van der Waals surface area contributed by atoms with E-state index in [-0.39, 0.29) is 16.3 Å². The third-order valence-electron chi connectivity index (χ3n) is 4.87. The molecule has 4 aromatic rings. The number of aromatic amines is 1. The molecule has 0 radical (unpaired) electrons. The molecule has 0 aliphatic heterocycles. The first-order valence-electron chi connectivity index (χ1n) is 9.38. The molecule has 7 nitrogen and oxygen atoms in total. The molecule has 0 bridgehead atoms. The maximum absolute atomic E-state index is 13.5. The Bertz CT molecular complexity index is 1410. The van der Waals surface area contributed by atoms with Gasteiger partial charge in [0.05, 0.1) is 15.9 Å². The zero-order valence-electron chi connectivity index (χ0n) is 16.7. The topological polar surface area (TPSA) is 104 Å². The summed E-state index contributed by atoms with van der Waals surface area (Å²) >= 11 is 0.